The summed E-state index contributed by atoms with van der Waals surface area (Å²) in [7, 11) is 0. The number of amides is 1. The molecule has 19 heavy (non-hydrogen) atoms. The van der Waals surface area contributed by atoms with Gasteiger partial charge in [0, 0.05) is 11.6 Å². The van der Waals surface area contributed by atoms with E-state index in [-0.39, 0.29) is 36.8 Å². The van der Waals surface area contributed by atoms with Crippen molar-refractivity contribution < 1.29 is 4.79 Å². The van der Waals surface area contributed by atoms with E-state index in [0.717, 1.165) is 23.9 Å². The minimum absolute atomic E-state index is 0. The van der Waals surface area contributed by atoms with Gasteiger partial charge in [-0.3, -0.25) is 4.79 Å². The number of nitrogens with one attached hydrogen (secondary N) is 2. The first-order valence-electron chi connectivity index (χ1n) is 6.19. The number of carbonyl (C=O) groups is 1. The first-order chi connectivity index (χ1) is 8.29. The van der Waals surface area contributed by atoms with E-state index in [1.54, 1.807) is 17.5 Å². The van der Waals surface area contributed by atoms with Crippen LogP contribution >= 0.6 is 36.2 Å². The fraction of sp³-hybridized carbons (Fsp3) is 0.667. The molecule has 2 rings (SSSR count). The van der Waals surface area contributed by atoms with Crippen molar-refractivity contribution in [3.63, 3.8) is 0 Å². The predicted molar refractivity (Wildman–Crippen MR) is 83.4 cm³/mol. The van der Waals surface area contributed by atoms with Crippen molar-refractivity contribution in [1.29, 1.82) is 0 Å². The van der Waals surface area contributed by atoms with E-state index in [1.165, 1.54) is 12.8 Å². The molecule has 0 aromatic carbocycles. The number of halogens is 2. The second-order valence-electron chi connectivity index (χ2n) is 4.47. The third-order valence-corrected chi connectivity index (χ3v) is 3.80. The Bertz CT molecular complexity index is 358. The summed E-state index contributed by atoms with van der Waals surface area (Å²) < 4.78 is 0. The highest BCUT2D eigenvalue weighted by Crippen LogP contribution is 2.27. The molecule has 2 N–H and O–H groups in total. The lowest BCUT2D eigenvalue weighted by Gasteiger charge is -2.14. The van der Waals surface area contributed by atoms with Gasteiger partial charge in [-0.1, -0.05) is 6.92 Å². The monoisotopic (exact) mass is 325 g/mol. The van der Waals surface area contributed by atoms with Crippen LogP contribution in [0.4, 0.5) is 0 Å². The number of carbonyl (C=O) groups excluding carboxylic acids is 1. The summed E-state index contributed by atoms with van der Waals surface area (Å²) in [6, 6.07) is 0.0604. The van der Waals surface area contributed by atoms with Crippen molar-refractivity contribution in [2.24, 2.45) is 5.92 Å². The molecular weight excluding hydrogens is 305 g/mol. The number of thiazole rings is 1. The molecule has 1 aliphatic rings. The molecule has 0 spiro atoms. The van der Waals surface area contributed by atoms with E-state index in [9.17, 15) is 4.79 Å². The van der Waals surface area contributed by atoms with Crippen LogP contribution in [0.1, 0.15) is 37.2 Å². The van der Waals surface area contributed by atoms with Crippen LogP contribution in [0.3, 0.4) is 0 Å². The maximum Gasteiger partial charge on any atom is 0.234 e. The highest BCUT2D eigenvalue weighted by atomic mass is 35.5. The largest absolute Gasteiger partial charge is 0.346 e. The molecule has 1 aromatic heterocycles. The van der Waals surface area contributed by atoms with Crippen molar-refractivity contribution in [2.75, 3.05) is 13.1 Å². The zero-order valence-electron chi connectivity index (χ0n) is 10.9. The van der Waals surface area contributed by atoms with Crippen LogP contribution in [0.25, 0.3) is 0 Å². The summed E-state index contributed by atoms with van der Waals surface area (Å²) in [4.78, 5) is 16.0. The lowest BCUT2D eigenvalue weighted by Crippen LogP contribution is -2.36. The molecule has 1 fully saturated rings. The van der Waals surface area contributed by atoms with Gasteiger partial charge in [0.1, 0.15) is 5.01 Å². The smallest absolute Gasteiger partial charge is 0.234 e. The average Bonchev–Trinajstić information content (AvgIpc) is 2.98. The Morgan fingerprint density at radius 2 is 2.26 bits per heavy atom. The quantitative estimate of drug-likeness (QED) is 0.810. The van der Waals surface area contributed by atoms with E-state index in [2.05, 4.69) is 22.5 Å². The summed E-state index contributed by atoms with van der Waals surface area (Å²) in [5.74, 6) is 0.872. The second kappa shape index (κ2) is 9.53. The van der Waals surface area contributed by atoms with Gasteiger partial charge < -0.3 is 10.6 Å². The third kappa shape index (κ3) is 6.56. The first-order valence-corrected chi connectivity index (χ1v) is 7.07. The van der Waals surface area contributed by atoms with Crippen LogP contribution in [-0.2, 0) is 4.79 Å². The van der Waals surface area contributed by atoms with Crippen molar-refractivity contribution in [1.82, 2.24) is 15.6 Å². The van der Waals surface area contributed by atoms with E-state index >= 15 is 0 Å². The number of rotatable bonds is 7. The summed E-state index contributed by atoms with van der Waals surface area (Å²) in [6.07, 6.45) is 5.28. The Balaban J connectivity index is 0.00000162. The highest BCUT2D eigenvalue weighted by molar-refractivity contribution is 7.09. The zero-order chi connectivity index (χ0) is 12.1. The van der Waals surface area contributed by atoms with Crippen molar-refractivity contribution >= 4 is 42.1 Å². The Hall–Kier alpha value is -0.360. The normalized spacial score (nSPS) is 15.0. The molecular formula is C12H21Cl2N3OS. The van der Waals surface area contributed by atoms with Gasteiger partial charge in [-0.05, 0) is 31.7 Å². The van der Waals surface area contributed by atoms with Crippen LogP contribution in [0.2, 0.25) is 0 Å². The van der Waals surface area contributed by atoms with Gasteiger partial charge in [0.2, 0.25) is 5.91 Å². The fourth-order valence-corrected chi connectivity index (χ4v) is 2.47. The van der Waals surface area contributed by atoms with Gasteiger partial charge >= 0.3 is 0 Å². The molecule has 1 atom stereocenters. The highest BCUT2D eigenvalue weighted by Gasteiger charge is 2.21. The number of hydrogen-bond acceptors (Lipinski definition) is 4. The maximum absolute atomic E-state index is 11.7. The van der Waals surface area contributed by atoms with E-state index in [4.69, 9.17) is 0 Å². The Kier molecular flexibility index (Phi) is 9.35. The fourth-order valence-electron chi connectivity index (χ4n) is 1.70. The summed E-state index contributed by atoms with van der Waals surface area (Å²) in [5.41, 5.74) is 0. The SMILES string of the molecule is CCC(NC(=O)CNCC1CC1)c1nccs1.Cl.Cl. The number of aromatic nitrogens is 1. The number of nitrogens with zero attached hydrogens (tertiary/aromatic N) is 1. The maximum atomic E-state index is 11.7. The van der Waals surface area contributed by atoms with Crippen molar-refractivity contribution in [2.45, 2.75) is 32.2 Å². The molecule has 0 saturated heterocycles. The minimum Gasteiger partial charge on any atom is -0.346 e. The molecule has 1 aromatic rings. The first kappa shape index (κ1) is 18.6. The van der Waals surface area contributed by atoms with E-state index in [0.29, 0.717) is 6.54 Å². The van der Waals surface area contributed by atoms with Crippen LogP contribution < -0.4 is 10.6 Å². The molecule has 110 valence electrons. The van der Waals surface area contributed by atoms with Crippen molar-refractivity contribution in [3.8, 4) is 0 Å². The number of hydrogen-bond donors (Lipinski definition) is 2. The van der Waals surface area contributed by atoms with Crippen LogP contribution in [0, 0.1) is 5.92 Å². The van der Waals surface area contributed by atoms with Gasteiger partial charge in [0.05, 0.1) is 12.6 Å². The van der Waals surface area contributed by atoms with Crippen LogP contribution in [-0.4, -0.2) is 24.0 Å². The van der Waals surface area contributed by atoms with Crippen LogP contribution in [0.15, 0.2) is 11.6 Å². The second-order valence-corrected chi connectivity index (χ2v) is 5.40. The van der Waals surface area contributed by atoms with Gasteiger partial charge in [-0.25, -0.2) is 4.98 Å². The molecule has 0 bridgehead atoms. The minimum atomic E-state index is 0. The van der Waals surface area contributed by atoms with Gasteiger partial charge in [0.15, 0.2) is 0 Å². The van der Waals surface area contributed by atoms with Gasteiger partial charge in [-0.2, -0.15) is 0 Å². The molecule has 7 heteroatoms. The topological polar surface area (TPSA) is 54.0 Å². The zero-order valence-corrected chi connectivity index (χ0v) is 13.4. The van der Waals surface area contributed by atoms with E-state index in [1.807, 2.05) is 5.38 Å². The standard InChI is InChI=1S/C12H19N3OS.2ClH/c1-2-10(12-14-5-6-17-12)15-11(16)8-13-7-9-3-4-9;;/h5-6,9-10,13H,2-4,7-8H2,1H3,(H,15,16);2*1H. The molecule has 0 radical (unpaired) electrons. The molecule has 1 aliphatic carbocycles. The lowest BCUT2D eigenvalue weighted by molar-refractivity contribution is -0.121. The van der Waals surface area contributed by atoms with Gasteiger partial charge in [-0.15, -0.1) is 36.2 Å². The summed E-state index contributed by atoms with van der Waals surface area (Å²) in [5, 5.41) is 9.13. The predicted octanol–water partition coefficient (Wildman–Crippen LogP) is 2.55. The molecule has 1 amide bonds. The van der Waals surface area contributed by atoms with Gasteiger partial charge in [0.25, 0.3) is 0 Å². The lowest BCUT2D eigenvalue weighted by atomic mass is 10.2. The summed E-state index contributed by atoms with van der Waals surface area (Å²) >= 11 is 1.59. The van der Waals surface area contributed by atoms with Crippen molar-refractivity contribution in [3.05, 3.63) is 16.6 Å². The van der Waals surface area contributed by atoms with E-state index < -0.39 is 0 Å². The molecule has 1 heterocycles. The Labute approximate surface area is 130 Å². The molecule has 1 unspecified atom stereocenters. The average molecular weight is 326 g/mol. The Morgan fingerprint density at radius 1 is 1.53 bits per heavy atom. The molecule has 4 nitrogen and oxygen atoms in total. The van der Waals surface area contributed by atoms with Crippen LogP contribution in [0.5, 0.6) is 0 Å². The molecule has 1 saturated carbocycles. The molecule has 0 aliphatic heterocycles. The third-order valence-electron chi connectivity index (χ3n) is 2.91. The Morgan fingerprint density at radius 3 is 2.79 bits per heavy atom. The summed E-state index contributed by atoms with van der Waals surface area (Å²) in [6.45, 7) is 3.45.